The lowest BCUT2D eigenvalue weighted by Gasteiger charge is -2.01. The number of carbonyl (C=O) groups is 2. The fraction of sp³-hybridized carbons (Fsp3) is 0. The van der Waals surface area contributed by atoms with Gasteiger partial charge in [0.15, 0.2) is 12.1 Å². The maximum absolute atomic E-state index is 12.6. The average Bonchev–Trinajstić information content (AvgIpc) is 2.92. The second-order valence-electron chi connectivity index (χ2n) is 4.82. The second kappa shape index (κ2) is 5.69. The molecule has 0 radical (unpaired) electrons. The summed E-state index contributed by atoms with van der Waals surface area (Å²) in [4.78, 5) is 26.8. The molecule has 0 aliphatic heterocycles. The van der Waals surface area contributed by atoms with Crippen molar-refractivity contribution in [3.05, 3.63) is 77.4 Å². The van der Waals surface area contributed by atoms with Gasteiger partial charge < -0.3 is 10.1 Å². The van der Waals surface area contributed by atoms with Crippen LogP contribution in [0.3, 0.4) is 0 Å². The van der Waals surface area contributed by atoms with Crippen LogP contribution in [0.1, 0.15) is 26.3 Å². The van der Waals surface area contributed by atoms with E-state index in [0.29, 0.717) is 17.5 Å². The van der Waals surface area contributed by atoms with E-state index in [4.69, 9.17) is 0 Å². The minimum atomic E-state index is -0.390. The lowest BCUT2D eigenvalue weighted by Crippen LogP contribution is -2.03. The van der Waals surface area contributed by atoms with Gasteiger partial charge in [0.2, 0.25) is 5.88 Å². The predicted molar refractivity (Wildman–Crippen MR) is 83.2 cm³/mol. The Morgan fingerprint density at radius 2 is 1.55 bits per heavy atom. The molecule has 3 aromatic rings. The number of carbonyl (C=O) groups excluding carboxylic acids is 2. The first-order valence-electron chi connectivity index (χ1n) is 6.77. The number of aromatic amines is 1. The molecule has 2 N–H and O–H groups in total. The van der Waals surface area contributed by atoms with E-state index < -0.39 is 5.78 Å². The standard InChI is InChI=1S/C18H13NO3/c20-11-14-15(17(21)13-9-5-2-6-10-13)18(22)19-16(14)12-7-3-1-4-8-12/h1-11,19,22H. The summed E-state index contributed by atoms with van der Waals surface area (Å²) in [5.74, 6) is -0.687. The topological polar surface area (TPSA) is 70.2 Å². The number of aromatic nitrogens is 1. The molecule has 2 aromatic carbocycles. The number of rotatable bonds is 4. The van der Waals surface area contributed by atoms with Crippen LogP contribution < -0.4 is 0 Å². The Morgan fingerprint density at radius 1 is 0.955 bits per heavy atom. The number of benzene rings is 2. The zero-order chi connectivity index (χ0) is 15.5. The van der Waals surface area contributed by atoms with Crippen LogP contribution in [0, 0.1) is 0 Å². The van der Waals surface area contributed by atoms with Crippen LogP contribution in [-0.2, 0) is 0 Å². The van der Waals surface area contributed by atoms with E-state index in [1.54, 1.807) is 42.5 Å². The van der Waals surface area contributed by atoms with Gasteiger partial charge >= 0.3 is 0 Å². The lowest BCUT2D eigenvalue weighted by molar-refractivity contribution is 0.102. The largest absolute Gasteiger partial charge is 0.494 e. The van der Waals surface area contributed by atoms with Gasteiger partial charge in [0, 0.05) is 5.56 Å². The Bertz CT molecular complexity index is 820. The Kier molecular flexibility index (Phi) is 3.58. The van der Waals surface area contributed by atoms with Crippen LogP contribution in [-0.4, -0.2) is 22.2 Å². The first-order chi connectivity index (χ1) is 10.7. The van der Waals surface area contributed by atoms with E-state index in [-0.39, 0.29) is 17.0 Å². The van der Waals surface area contributed by atoms with Gasteiger partial charge in [-0.3, -0.25) is 9.59 Å². The van der Waals surface area contributed by atoms with Gasteiger partial charge in [-0.15, -0.1) is 0 Å². The Labute approximate surface area is 127 Å². The smallest absolute Gasteiger partial charge is 0.201 e. The second-order valence-corrected chi connectivity index (χ2v) is 4.82. The molecular weight excluding hydrogens is 278 g/mol. The molecule has 0 saturated carbocycles. The quantitative estimate of drug-likeness (QED) is 0.571. The summed E-state index contributed by atoms with van der Waals surface area (Å²) in [6.45, 7) is 0. The highest BCUT2D eigenvalue weighted by Crippen LogP contribution is 2.32. The van der Waals surface area contributed by atoms with E-state index in [1.165, 1.54) is 0 Å². The molecule has 0 bridgehead atoms. The molecule has 0 atom stereocenters. The molecule has 4 heteroatoms. The molecule has 22 heavy (non-hydrogen) atoms. The Hall–Kier alpha value is -3.14. The average molecular weight is 291 g/mol. The molecule has 1 heterocycles. The van der Waals surface area contributed by atoms with Crippen molar-refractivity contribution in [2.45, 2.75) is 0 Å². The highest BCUT2D eigenvalue weighted by atomic mass is 16.3. The summed E-state index contributed by atoms with van der Waals surface area (Å²) < 4.78 is 0. The summed E-state index contributed by atoms with van der Waals surface area (Å²) >= 11 is 0. The van der Waals surface area contributed by atoms with Crippen molar-refractivity contribution in [1.82, 2.24) is 4.98 Å². The monoisotopic (exact) mass is 291 g/mol. The number of hydrogen-bond donors (Lipinski definition) is 2. The predicted octanol–water partition coefficient (Wildman–Crippen LogP) is 3.43. The van der Waals surface area contributed by atoms with E-state index in [2.05, 4.69) is 4.98 Å². The zero-order valence-corrected chi connectivity index (χ0v) is 11.6. The third-order valence-corrected chi connectivity index (χ3v) is 3.46. The number of hydrogen-bond acceptors (Lipinski definition) is 3. The molecule has 0 saturated heterocycles. The number of ketones is 1. The van der Waals surface area contributed by atoms with Crippen molar-refractivity contribution in [3.63, 3.8) is 0 Å². The first-order valence-corrected chi connectivity index (χ1v) is 6.77. The summed E-state index contributed by atoms with van der Waals surface area (Å²) in [5, 5.41) is 10.1. The highest BCUT2D eigenvalue weighted by Gasteiger charge is 2.24. The van der Waals surface area contributed by atoms with Crippen LogP contribution >= 0.6 is 0 Å². The van der Waals surface area contributed by atoms with E-state index >= 15 is 0 Å². The highest BCUT2D eigenvalue weighted by molar-refractivity contribution is 6.16. The summed E-state index contributed by atoms with van der Waals surface area (Å²) in [6, 6.07) is 17.6. The SMILES string of the molecule is O=Cc1c(-c2ccccc2)[nH]c(O)c1C(=O)c1ccccc1. The Morgan fingerprint density at radius 3 is 2.14 bits per heavy atom. The molecule has 0 amide bonds. The molecule has 0 fully saturated rings. The summed E-state index contributed by atoms with van der Waals surface area (Å²) in [7, 11) is 0. The van der Waals surface area contributed by atoms with Crippen molar-refractivity contribution in [3.8, 4) is 17.1 Å². The fourth-order valence-electron chi connectivity index (χ4n) is 2.41. The van der Waals surface area contributed by atoms with Gasteiger partial charge in [0.25, 0.3) is 0 Å². The van der Waals surface area contributed by atoms with Crippen molar-refractivity contribution in [2.75, 3.05) is 0 Å². The van der Waals surface area contributed by atoms with Gasteiger partial charge in [-0.1, -0.05) is 60.7 Å². The van der Waals surface area contributed by atoms with Crippen molar-refractivity contribution >= 4 is 12.1 Å². The molecule has 3 rings (SSSR count). The zero-order valence-electron chi connectivity index (χ0n) is 11.6. The van der Waals surface area contributed by atoms with E-state index in [9.17, 15) is 14.7 Å². The summed E-state index contributed by atoms with van der Waals surface area (Å²) in [5.41, 5.74) is 1.75. The van der Waals surface area contributed by atoms with Crippen LogP contribution in [0.4, 0.5) is 0 Å². The molecule has 1 aromatic heterocycles. The van der Waals surface area contributed by atoms with Gasteiger partial charge in [-0.25, -0.2) is 0 Å². The number of aldehydes is 1. The van der Waals surface area contributed by atoms with Crippen LogP contribution in [0.2, 0.25) is 0 Å². The Balaban J connectivity index is 2.16. The minimum Gasteiger partial charge on any atom is -0.494 e. The van der Waals surface area contributed by atoms with Crippen molar-refractivity contribution < 1.29 is 14.7 Å². The van der Waals surface area contributed by atoms with Crippen LogP contribution in [0.15, 0.2) is 60.7 Å². The van der Waals surface area contributed by atoms with Crippen molar-refractivity contribution in [1.29, 1.82) is 0 Å². The lowest BCUT2D eigenvalue weighted by atomic mass is 9.99. The van der Waals surface area contributed by atoms with Gasteiger partial charge in [-0.2, -0.15) is 0 Å². The number of aromatic hydroxyl groups is 1. The van der Waals surface area contributed by atoms with Crippen molar-refractivity contribution in [2.24, 2.45) is 0 Å². The van der Waals surface area contributed by atoms with E-state index in [0.717, 1.165) is 5.56 Å². The van der Waals surface area contributed by atoms with E-state index in [1.807, 2.05) is 18.2 Å². The number of H-pyrrole nitrogens is 1. The van der Waals surface area contributed by atoms with Gasteiger partial charge in [0.05, 0.1) is 16.8 Å². The molecule has 0 aliphatic rings. The maximum Gasteiger partial charge on any atom is 0.201 e. The fourth-order valence-corrected chi connectivity index (χ4v) is 2.41. The molecule has 0 unspecified atom stereocenters. The third-order valence-electron chi connectivity index (χ3n) is 3.46. The first kappa shape index (κ1) is 13.8. The normalized spacial score (nSPS) is 10.4. The van der Waals surface area contributed by atoms with Gasteiger partial charge in [0.1, 0.15) is 0 Å². The molecule has 0 aliphatic carbocycles. The van der Waals surface area contributed by atoms with Crippen LogP contribution in [0.5, 0.6) is 5.88 Å². The summed E-state index contributed by atoms with van der Waals surface area (Å²) in [6.07, 6.45) is 0.592. The van der Waals surface area contributed by atoms with Gasteiger partial charge in [-0.05, 0) is 5.56 Å². The molecular formula is C18H13NO3. The number of nitrogens with one attached hydrogen (secondary N) is 1. The van der Waals surface area contributed by atoms with Crippen LogP contribution in [0.25, 0.3) is 11.3 Å². The molecule has 4 nitrogen and oxygen atoms in total. The maximum atomic E-state index is 12.6. The third kappa shape index (κ3) is 2.31. The molecule has 108 valence electrons. The minimum absolute atomic E-state index is 0.0000491. The molecule has 0 spiro atoms.